The van der Waals surface area contributed by atoms with Gasteiger partial charge in [0.15, 0.2) is 5.69 Å². The molecule has 106 valence electrons. The molecule has 0 spiro atoms. The number of carboxylic acid groups (broad SMARTS) is 1. The second-order valence-corrected chi connectivity index (χ2v) is 4.18. The van der Waals surface area contributed by atoms with Crippen LogP contribution in [0.25, 0.3) is 0 Å². The normalized spacial score (nSPS) is 12.4. The van der Waals surface area contributed by atoms with E-state index in [0.29, 0.717) is 6.07 Å². The summed E-state index contributed by atoms with van der Waals surface area (Å²) in [5.74, 6) is -3.34. The van der Waals surface area contributed by atoms with E-state index in [0.717, 1.165) is 22.6 Å². The summed E-state index contributed by atoms with van der Waals surface area (Å²) in [5, 5.41) is 8.63. The van der Waals surface area contributed by atoms with Crippen LogP contribution in [0.15, 0.2) is 6.07 Å². The van der Waals surface area contributed by atoms with Crippen LogP contribution in [0.3, 0.4) is 0 Å². The Balaban J connectivity index is 3.44. The van der Waals surface area contributed by atoms with Crippen molar-refractivity contribution in [1.82, 2.24) is 4.98 Å². The average Bonchev–Trinajstić information content (AvgIpc) is 2.11. The number of hydrogen-bond donors (Lipinski definition) is 1. The van der Waals surface area contributed by atoms with Crippen LogP contribution in [0.2, 0.25) is 0 Å². The monoisotopic (exact) mass is 401 g/mol. The Kier molecular flexibility index (Phi) is 4.17. The zero-order chi connectivity index (χ0) is 15.0. The summed E-state index contributed by atoms with van der Waals surface area (Å²) in [5.41, 5.74) is -3.19. The number of aromatic carboxylic acids is 1. The molecule has 0 atom stereocenters. The average molecular weight is 401 g/mol. The number of ether oxygens (including phenoxy) is 1. The summed E-state index contributed by atoms with van der Waals surface area (Å²) >= 11 is 1.15. The van der Waals surface area contributed by atoms with Crippen LogP contribution in [0.5, 0.6) is 5.88 Å². The quantitative estimate of drug-likeness (QED) is 0.611. The SMILES string of the molecule is O=C(O)c1c(I)cc(OC(F)(F)F)nc1C(F)(F)F. The third-order valence-electron chi connectivity index (χ3n) is 1.65. The number of halogens is 7. The van der Waals surface area contributed by atoms with Crippen LogP contribution >= 0.6 is 22.6 Å². The lowest BCUT2D eigenvalue weighted by atomic mass is 10.2. The van der Waals surface area contributed by atoms with Crippen LogP contribution in [0.1, 0.15) is 16.1 Å². The topological polar surface area (TPSA) is 59.4 Å². The third kappa shape index (κ3) is 4.11. The first-order valence-electron chi connectivity index (χ1n) is 4.18. The number of nitrogens with zero attached hydrogens (tertiary/aromatic N) is 1. The van der Waals surface area contributed by atoms with Gasteiger partial charge in [-0.15, -0.1) is 13.2 Å². The first kappa shape index (κ1) is 15.8. The zero-order valence-corrected chi connectivity index (χ0v) is 10.6. The van der Waals surface area contributed by atoms with E-state index in [1.54, 1.807) is 0 Å². The van der Waals surface area contributed by atoms with Crippen molar-refractivity contribution in [2.75, 3.05) is 0 Å². The number of pyridine rings is 1. The molecule has 4 nitrogen and oxygen atoms in total. The van der Waals surface area contributed by atoms with Gasteiger partial charge >= 0.3 is 18.5 Å². The molecule has 1 heterocycles. The van der Waals surface area contributed by atoms with E-state index >= 15 is 0 Å². The van der Waals surface area contributed by atoms with Crippen LogP contribution in [-0.4, -0.2) is 22.4 Å². The molecule has 0 aliphatic rings. The molecular formula is C8H2F6INO3. The Hall–Kier alpha value is -1.27. The van der Waals surface area contributed by atoms with Gasteiger partial charge in [-0.2, -0.15) is 13.2 Å². The summed E-state index contributed by atoms with van der Waals surface area (Å²) < 4.78 is 76.0. The predicted octanol–water partition coefficient (Wildman–Crippen LogP) is 3.30. The van der Waals surface area contributed by atoms with E-state index in [1.165, 1.54) is 0 Å². The van der Waals surface area contributed by atoms with Gasteiger partial charge in [-0.05, 0) is 22.6 Å². The minimum absolute atomic E-state index is 0.451. The molecule has 0 aromatic carbocycles. The second kappa shape index (κ2) is 5.02. The maximum Gasteiger partial charge on any atom is 0.574 e. The van der Waals surface area contributed by atoms with Crippen molar-refractivity contribution >= 4 is 28.6 Å². The Bertz CT molecular complexity index is 512. The number of rotatable bonds is 2. The summed E-state index contributed by atoms with van der Waals surface area (Å²) in [6, 6.07) is 0.451. The number of alkyl halides is 6. The van der Waals surface area contributed by atoms with Gasteiger partial charge in [-0.25, -0.2) is 9.78 Å². The number of hydrogen-bond acceptors (Lipinski definition) is 3. The van der Waals surface area contributed by atoms with Crippen molar-refractivity contribution in [3.05, 3.63) is 20.9 Å². The Morgan fingerprint density at radius 3 is 2.16 bits per heavy atom. The number of carbonyl (C=O) groups is 1. The fourth-order valence-corrected chi connectivity index (χ4v) is 1.82. The highest BCUT2D eigenvalue weighted by molar-refractivity contribution is 14.1. The van der Waals surface area contributed by atoms with E-state index < -0.39 is 39.2 Å². The molecule has 0 saturated carbocycles. The van der Waals surface area contributed by atoms with E-state index in [4.69, 9.17) is 5.11 Å². The standard InChI is InChI=1S/C8H2F6INO3/c9-7(10,11)5-4(6(17)18)2(15)1-3(16-5)19-8(12,13)14/h1H,(H,17,18). The lowest BCUT2D eigenvalue weighted by molar-refractivity contribution is -0.276. The lowest BCUT2D eigenvalue weighted by Gasteiger charge is -2.14. The van der Waals surface area contributed by atoms with Gasteiger partial charge in [0.25, 0.3) is 0 Å². The second-order valence-electron chi connectivity index (χ2n) is 3.02. The molecule has 0 amide bonds. The smallest absolute Gasteiger partial charge is 0.478 e. The van der Waals surface area contributed by atoms with Crippen molar-refractivity contribution in [2.45, 2.75) is 12.5 Å². The molecule has 0 aliphatic heterocycles. The van der Waals surface area contributed by atoms with Gasteiger partial charge in [0, 0.05) is 9.64 Å². The minimum Gasteiger partial charge on any atom is -0.478 e. The Morgan fingerprint density at radius 1 is 1.26 bits per heavy atom. The van der Waals surface area contributed by atoms with Gasteiger partial charge in [0.05, 0.1) is 0 Å². The maximum absolute atomic E-state index is 12.5. The van der Waals surface area contributed by atoms with E-state index in [1.807, 2.05) is 0 Å². The molecular weight excluding hydrogens is 399 g/mol. The molecule has 1 N–H and O–H groups in total. The fraction of sp³-hybridized carbons (Fsp3) is 0.250. The predicted molar refractivity (Wildman–Crippen MR) is 55.6 cm³/mol. The van der Waals surface area contributed by atoms with Crippen LogP contribution in [-0.2, 0) is 6.18 Å². The van der Waals surface area contributed by atoms with Crippen LogP contribution < -0.4 is 4.74 Å². The number of aromatic nitrogens is 1. The molecule has 11 heteroatoms. The van der Waals surface area contributed by atoms with Crippen molar-refractivity contribution in [3.8, 4) is 5.88 Å². The maximum atomic E-state index is 12.5. The molecule has 0 saturated heterocycles. The van der Waals surface area contributed by atoms with Gasteiger partial charge in [0.1, 0.15) is 5.56 Å². The van der Waals surface area contributed by atoms with Crippen LogP contribution in [0.4, 0.5) is 26.3 Å². The Labute approximate surface area is 114 Å². The van der Waals surface area contributed by atoms with E-state index in [9.17, 15) is 31.1 Å². The minimum atomic E-state index is -5.23. The molecule has 0 bridgehead atoms. The highest BCUT2D eigenvalue weighted by Crippen LogP contribution is 2.35. The molecule has 0 fully saturated rings. The molecule has 19 heavy (non-hydrogen) atoms. The molecule has 0 unspecified atom stereocenters. The molecule has 0 aliphatic carbocycles. The van der Waals surface area contributed by atoms with Crippen molar-refractivity contribution in [3.63, 3.8) is 0 Å². The van der Waals surface area contributed by atoms with Gasteiger partial charge in [-0.1, -0.05) is 0 Å². The summed E-state index contributed by atoms with van der Waals surface area (Å²) in [6.07, 6.45) is -10.5. The summed E-state index contributed by atoms with van der Waals surface area (Å²) in [4.78, 5) is 13.2. The lowest BCUT2D eigenvalue weighted by Crippen LogP contribution is -2.22. The highest BCUT2D eigenvalue weighted by atomic mass is 127. The van der Waals surface area contributed by atoms with Crippen LogP contribution in [0, 0.1) is 3.57 Å². The van der Waals surface area contributed by atoms with Crippen molar-refractivity contribution < 1.29 is 41.0 Å². The molecule has 0 radical (unpaired) electrons. The van der Waals surface area contributed by atoms with Gasteiger partial charge in [0.2, 0.25) is 5.88 Å². The first-order chi connectivity index (χ1) is 8.42. The highest BCUT2D eigenvalue weighted by Gasteiger charge is 2.40. The largest absolute Gasteiger partial charge is 0.574 e. The van der Waals surface area contributed by atoms with E-state index in [2.05, 4.69) is 9.72 Å². The summed E-state index contributed by atoms with van der Waals surface area (Å²) in [7, 11) is 0. The van der Waals surface area contributed by atoms with Crippen molar-refractivity contribution in [1.29, 1.82) is 0 Å². The Morgan fingerprint density at radius 2 is 1.79 bits per heavy atom. The summed E-state index contributed by atoms with van der Waals surface area (Å²) in [6.45, 7) is 0. The van der Waals surface area contributed by atoms with Gasteiger partial charge in [-0.3, -0.25) is 0 Å². The fourth-order valence-electron chi connectivity index (χ4n) is 1.07. The first-order valence-corrected chi connectivity index (χ1v) is 5.26. The van der Waals surface area contributed by atoms with Crippen molar-refractivity contribution in [2.24, 2.45) is 0 Å². The van der Waals surface area contributed by atoms with Gasteiger partial charge < -0.3 is 9.84 Å². The molecule has 1 rings (SSSR count). The third-order valence-corrected chi connectivity index (χ3v) is 2.50. The van der Waals surface area contributed by atoms with E-state index in [-0.39, 0.29) is 0 Å². The number of carboxylic acids is 1. The zero-order valence-electron chi connectivity index (χ0n) is 8.43. The molecule has 1 aromatic rings. The molecule has 1 aromatic heterocycles.